The quantitative estimate of drug-likeness (QED) is 0.903. The van der Waals surface area contributed by atoms with Gasteiger partial charge in [0, 0.05) is 24.7 Å². The minimum Gasteiger partial charge on any atom is -0.483 e. The molecule has 1 aliphatic heterocycles. The summed E-state index contributed by atoms with van der Waals surface area (Å²) in [6.45, 7) is 5.73. The monoisotopic (exact) mass is 262 g/mol. The van der Waals surface area contributed by atoms with Crippen LogP contribution in [0, 0.1) is 6.92 Å². The van der Waals surface area contributed by atoms with Crippen molar-refractivity contribution in [3.8, 4) is 5.75 Å². The first kappa shape index (κ1) is 13.9. The number of carbonyl (C=O) groups is 1. The second-order valence-electron chi connectivity index (χ2n) is 5.21. The Morgan fingerprint density at radius 3 is 2.74 bits per heavy atom. The molecule has 1 saturated heterocycles. The van der Waals surface area contributed by atoms with Crippen LogP contribution in [0.4, 0.5) is 0 Å². The lowest BCUT2D eigenvalue weighted by molar-refractivity contribution is -0.132. The molecule has 0 spiro atoms. The van der Waals surface area contributed by atoms with E-state index in [1.54, 1.807) is 0 Å². The van der Waals surface area contributed by atoms with Crippen LogP contribution < -0.4 is 10.5 Å². The van der Waals surface area contributed by atoms with Crippen LogP contribution in [0.15, 0.2) is 18.2 Å². The van der Waals surface area contributed by atoms with E-state index < -0.39 is 0 Å². The molecule has 1 aromatic carbocycles. The maximum atomic E-state index is 12.0. The average molecular weight is 262 g/mol. The van der Waals surface area contributed by atoms with Crippen LogP contribution in [-0.4, -0.2) is 30.5 Å². The third-order valence-corrected chi connectivity index (χ3v) is 3.47. The van der Waals surface area contributed by atoms with Crippen molar-refractivity contribution in [2.45, 2.75) is 32.7 Å². The van der Waals surface area contributed by atoms with Gasteiger partial charge in [0.2, 0.25) is 0 Å². The van der Waals surface area contributed by atoms with Gasteiger partial charge in [-0.2, -0.15) is 0 Å². The average Bonchev–Trinajstić information content (AvgIpc) is 2.89. The van der Waals surface area contributed by atoms with Crippen molar-refractivity contribution in [3.05, 3.63) is 29.3 Å². The highest BCUT2D eigenvalue weighted by Crippen LogP contribution is 2.25. The normalized spacial score (nSPS) is 16.5. The molecular weight excluding hydrogens is 240 g/mol. The summed E-state index contributed by atoms with van der Waals surface area (Å²) in [6.07, 6.45) is 2.20. The smallest absolute Gasteiger partial charge is 0.260 e. The maximum Gasteiger partial charge on any atom is 0.260 e. The number of nitrogens with two attached hydrogens (primary N) is 1. The SMILES string of the molecule is Cc1ccc(C(C)N)c(OCC(=O)N2CCCC2)c1. The number of rotatable bonds is 4. The zero-order valence-corrected chi connectivity index (χ0v) is 11.7. The summed E-state index contributed by atoms with van der Waals surface area (Å²) in [4.78, 5) is 13.8. The van der Waals surface area contributed by atoms with Crippen molar-refractivity contribution in [2.75, 3.05) is 19.7 Å². The summed E-state index contributed by atoms with van der Waals surface area (Å²) >= 11 is 0. The fraction of sp³-hybridized carbons (Fsp3) is 0.533. The molecule has 1 atom stereocenters. The van der Waals surface area contributed by atoms with Crippen LogP contribution in [0.1, 0.15) is 36.9 Å². The lowest BCUT2D eigenvalue weighted by Crippen LogP contribution is -2.32. The van der Waals surface area contributed by atoms with Gasteiger partial charge >= 0.3 is 0 Å². The van der Waals surface area contributed by atoms with Gasteiger partial charge in [-0.05, 0) is 38.3 Å². The van der Waals surface area contributed by atoms with Crippen molar-refractivity contribution >= 4 is 5.91 Å². The van der Waals surface area contributed by atoms with Gasteiger partial charge < -0.3 is 15.4 Å². The summed E-state index contributed by atoms with van der Waals surface area (Å²) in [5.74, 6) is 0.789. The Bertz CT molecular complexity index is 451. The van der Waals surface area contributed by atoms with Gasteiger partial charge in [-0.25, -0.2) is 0 Å². The fourth-order valence-electron chi connectivity index (χ4n) is 2.34. The molecule has 0 aromatic heterocycles. The number of ether oxygens (including phenoxy) is 1. The standard InChI is InChI=1S/C15H22N2O2/c1-11-5-6-13(12(2)16)14(9-11)19-10-15(18)17-7-3-4-8-17/h5-6,9,12H,3-4,7-8,10,16H2,1-2H3. The van der Waals surface area contributed by atoms with Crippen molar-refractivity contribution in [1.82, 2.24) is 4.90 Å². The first-order valence-corrected chi connectivity index (χ1v) is 6.84. The molecule has 1 amide bonds. The molecule has 19 heavy (non-hydrogen) atoms. The zero-order valence-electron chi connectivity index (χ0n) is 11.7. The number of hydrogen-bond donors (Lipinski definition) is 1. The number of likely N-dealkylation sites (tertiary alicyclic amines) is 1. The predicted molar refractivity (Wildman–Crippen MR) is 75.1 cm³/mol. The Hall–Kier alpha value is -1.55. The first-order valence-electron chi connectivity index (χ1n) is 6.84. The lowest BCUT2D eigenvalue weighted by Gasteiger charge is -2.18. The van der Waals surface area contributed by atoms with E-state index in [2.05, 4.69) is 0 Å². The third-order valence-electron chi connectivity index (χ3n) is 3.47. The molecular formula is C15H22N2O2. The Kier molecular flexibility index (Phi) is 4.43. The molecule has 2 rings (SSSR count). The van der Waals surface area contributed by atoms with Crippen LogP contribution >= 0.6 is 0 Å². The van der Waals surface area contributed by atoms with E-state index in [0.29, 0.717) is 0 Å². The van der Waals surface area contributed by atoms with Gasteiger partial charge in [0.05, 0.1) is 0 Å². The van der Waals surface area contributed by atoms with Gasteiger partial charge in [-0.3, -0.25) is 4.79 Å². The van der Waals surface area contributed by atoms with E-state index in [1.165, 1.54) is 0 Å². The minimum absolute atomic E-state index is 0.0645. The van der Waals surface area contributed by atoms with E-state index in [9.17, 15) is 4.79 Å². The topological polar surface area (TPSA) is 55.6 Å². The van der Waals surface area contributed by atoms with Gasteiger partial charge in [0.15, 0.2) is 6.61 Å². The van der Waals surface area contributed by atoms with Crippen molar-refractivity contribution in [1.29, 1.82) is 0 Å². The Balaban J connectivity index is 2.01. The molecule has 1 heterocycles. The van der Waals surface area contributed by atoms with Crippen LogP contribution in [0.2, 0.25) is 0 Å². The first-order chi connectivity index (χ1) is 9.08. The van der Waals surface area contributed by atoms with Crippen LogP contribution in [0.5, 0.6) is 5.75 Å². The highest BCUT2D eigenvalue weighted by molar-refractivity contribution is 5.78. The van der Waals surface area contributed by atoms with E-state index in [4.69, 9.17) is 10.5 Å². The Morgan fingerprint density at radius 1 is 1.42 bits per heavy atom. The van der Waals surface area contributed by atoms with Crippen molar-refractivity contribution in [2.24, 2.45) is 5.73 Å². The van der Waals surface area contributed by atoms with Crippen LogP contribution in [0.3, 0.4) is 0 Å². The molecule has 0 bridgehead atoms. The maximum absolute atomic E-state index is 12.0. The number of carbonyl (C=O) groups excluding carboxylic acids is 1. The van der Waals surface area contributed by atoms with Gasteiger partial charge in [-0.15, -0.1) is 0 Å². The number of benzene rings is 1. The summed E-state index contributed by atoms with van der Waals surface area (Å²) in [5, 5.41) is 0. The van der Waals surface area contributed by atoms with Gasteiger partial charge in [0.25, 0.3) is 5.91 Å². The van der Waals surface area contributed by atoms with Crippen LogP contribution in [0.25, 0.3) is 0 Å². The molecule has 0 saturated carbocycles. The summed E-state index contributed by atoms with van der Waals surface area (Å²) in [7, 11) is 0. The molecule has 1 aliphatic rings. The molecule has 4 nitrogen and oxygen atoms in total. The third kappa shape index (κ3) is 3.47. The largest absolute Gasteiger partial charge is 0.483 e. The summed E-state index contributed by atoms with van der Waals surface area (Å²) in [6, 6.07) is 5.82. The molecule has 1 fully saturated rings. The Morgan fingerprint density at radius 2 is 2.11 bits per heavy atom. The highest BCUT2D eigenvalue weighted by atomic mass is 16.5. The number of amides is 1. The van der Waals surface area contributed by atoms with Crippen LogP contribution in [-0.2, 0) is 4.79 Å². The molecule has 0 aliphatic carbocycles. The van der Waals surface area contributed by atoms with E-state index in [0.717, 1.165) is 42.8 Å². The summed E-state index contributed by atoms with van der Waals surface area (Å²) < 4.78 is 5.68. The van der Waals surface area contributed by atoms with Crippen molar-refractivity contribution < 1.29 is 9.53 Å². The second kappa shape index (κ2) is 6.06. The summed E-state index contributed by atoms with van der Waals surface area (Å²) in [5.41, 5.74) is 7.97. The number of aryl methyl sites for hydroxylation is 1. The number of hydrogen-bond acceptors (Lipinski definition) is 3. The lowest BCUT2D eigenvalue weighted by atomic mass is 10.1. The Labute approximate surface area is 114 Å². The van der Waals surface area contributed by atoms with Gasteiger partial charge in [-0.1, -0.05) is 12.1 Å². The molecule has 1 aromatic rings. The minimum atomic E-state index is -0.0995. The molecule has 2 N–H and O–H groups in total. The molecule has 104 valence electrons. The van der Waals surface area contributed by atoms with E-state index >= 15 is 0 Å². The predicted octanol–water partition coefficient (Wildman–Crippen LogP) is 2.02. The van der Waals surface area contributed by atoms with E-state index in [1.807, 2.05) is 36.9 Å². The number of nitrogens with zero attached hydrogens (tertiary/aromatic N) is 1. The van der Waals surface area contributed by atoms with Crippen molar-refractivity contribution in [3.63, 3.8) is 0 Å². The van der Waals surface area contributed by atoms with Gasteiger partial charge in [0.1, 0.15) is 5.75 Å². The fourth-order valence-corrected chi connectivity index (χ4v) is 2.34. The highest BCUT2D eigenvalue weighted by Gasteiger charge is 2.19. The second-order valence-corrected chi connectivity index (χ2v) is 5.21. The zero-order chi connectivity index (χ0) is 13.8. The molecule has 1 unspecified atom stereocenters. The van der Waals surface area contributed by atoms with E-state index in [-0.39, 0.29) is 18.6 Å². The molecule has 0 radical (unpaired) electrons. The molecule has 4 heteroatoms.